The molecular weight excluding hydrogens is 192 g/mol. The van der Waals surface area contributed by atoms with Crippen molar-refractivity contribution in [2.45, 2.75) is 32.7 Å². The number of rotatable bonds is 4. The fourth-order valence-corrected chi connectivity index (χ4v) is 1.29. The minimum absolute atomic E-state index is 0.0107. The van der Waals surface area contributed by atoms with Gasteiger partial charge in [-0.25, -0.2) is 0 Å². The Morgan fingerprint density at radius 1 is 1.73 bits per heavy atom. The molecule has 0 aromatic carbocycles. The Morgan fingerprint density at radius 2 is 2.40 bits per heavy atom. The lowest BCUT2D eigenvalue weighted by Crippen LogP contribution is -2.19. The van der Waals surface area contributed by atoms with E-state index < -0.39 is 0 Å². The topological polar surface area (TPSA) is 72.9 Å². The van der Waals surface area contributed by atoms with Gasteiger partial charge in [-0.05, 0) is 20.3 Å². The van der Waals surface area contributed by atoms with Gasteiger partial charge >= 0.3 is 0 Å². The van der Waals surface area contributed by atoms with Crippen molar-refractivity contribution in [2.75, 3.05) is 5.32 Å². The van der Waals surface area contributed by atoms with Gasteiger partial charge in [-0.2, -0.15) is 5.10 Å². The molecule has 0 fully saturated rings. The largest absolute Gasteiger partial charge is 0.328 e. The predicted molar refractivity (Wildman–Crippen MR) is 59.5 cm³/mol. The molecule has 0 aliphatic heterocycles. The lowest BCUT2D eigenvalue weighted by molar-refractivity contribution is -0.116. The summed E-state index contributed by atoms with van der Waals surface area (Å²) >= 11 is 0. The quantitative estimate of drug-likeness (QED) is 0.771. The van der Waals surface area contributed by atoms with Crippen molar-refractivity contribution < 1.29 is 4.79 Å². The lowest BCUT2D eigenvalue weighted by atomic mass is 10.2. The van der Waals surface area contributed by atoms with Crippen molar-refractivity contribution in [3.63, 3.8) is 0 Å². The van der Waals surface area contributed by atoms with Gasteiger partial charge in [0.05, 0.1) is 11.4 Å². The molecule has 0 bridgehead atoms. The van der Waals surface area contributed by atoms with E-state index in [4.69, 9.17) is 5.73 Å². The van der Waals surface area contributed by atoms with Crippen molar-refractivity contribution in [3.05, 3.63) is 11.9 Å². The van der Waals surface area contributed by atoms with Gasteiger partial charge in [0.25, 0.3) is 0 Å². The smallest absolute Gasteiger partial charge is 0.224 e. The maximum Gasteiger partial charge on any atom is 0.224 e. The van der Waals surface area contributed by atoms with Crippen LogP contribution >= 0.6 is 0 Å². The minimum Gasteiger partial charge on any atom is -0.328 e. The summed E-state index contributed by atoms with van der Waals surface area (Å²) in [5.74, 6) is -0.0107. The van der Waals surface area contributed by atoms with Gasteiger partial charge in [0.2, 0.25) is 5.91 Å². The second kappa shape index (κ2) is 4.93. The zero-order valence-corrected chi connectivity index (χ0v) is 9.45. The van der Waals surface area contributed by atoms with Crippen LogP contribution in [0.5, 0.6) is 0 Å². The van der Waals surface area contributed by atoms with Crippen LogP contribution in [0.1, 0.15) is 25.5 Å². The third-order valence-corrected chi connectivity index (χ3v) is 2.11. The summed E-state index contributed by atoms with van der Waals surface area (Å²) < 4.78 is 1.68. The van der Waals surface area contributed by atoms with Crippen LogP contribution in [-0.2, 0) is 11.8 Å². The number of aromatic nitrogens is 2. The average molecular weight is 210 g/mol. The molecule has 5 heteroatoms. The molecule has 1 unspecified atom stereocenters. The first-order valence-electron chi connectivity index (χ1n) is 5.04. The molecular formula is C10H18N4O. The Labute approximate surface area is 89.6 Å². The van der Waals surface area contributed by atoms with E-state index in [1.807, 2.05) is 20.9 Å². The predicted octanol–water partition coefficient (Wildman–Crippen LogP) is 0.794. The monoisotopic (exact) mass is 210 g/mol. The number of carbonyl (C=O) groups excluding carboxylic acids is 1. The highest BCUT2D eigenvalue weighted by atomic mass is 16.1. The van der Waals surface area contributed by atoms with Crippen molar-refractivity contribution in [2.24, 2.45) is 12.8 Å². The van der Waals surface area contributed by atoms with Gasteiger partial charge < -0.3 is 11.1 Å². The van der Waals surface area contributed by atoms with Crippen molar-refractivity contribution in [1.29, 1.82) is 0 Å². The molecule has 0 spiro atoms. The summed E-state index contributed by atoms with van der Waals surface area (Å²) in [4.78, 5) is 11.5. The van der Waals surface area contributed by atoms with E-state index >= 15 is 0 Å². The molecule has 1 aromatic heterocycles. The van der Waals surface area contributed by atoms with Crippen molar-refractivity contribution in [3.8, 4) is 0 Å². The van der Waals surface area contributed by atoms with Crippen LogP contribution in [0.4, 0.5) is 5.69 Å². The third-order valence-electron chi connectivity index (χ3n) is 2.11. The molecule has 0 saturated carbocycles. The summed E-state index contributed by atoms with van der Waals surface area (Å²) in [5.41, 5.74) is 7.17. The molecule has 15 heavy (non-hydrogen) atoms. The molecule has 0 aliphatic rings. The molecule has 5 nitrogen and oxygen atoms in total. The van der Waals surface area contributed by atoms with E-state index in [-0.39, 0.29) is 11.9 Å². The zero-order chi connectivity index (χ0) is 11.4. The summed E-state index contributed by atoms with van der Waals surface area (Å²) in [6.45, 7) is 3.75. The first kappa shape index (κ1) is 11.7. The summed E-state index contributed by atoms with van der Waals surface area (Å²) in [6.07, 6.45) is 2.94. The summed E-state index contributed by atoms with van der Waals surface area (Å²) in [7, 11) is 1.82. The average Bonchev–Trinajstić information content (AvgIpc) is 2.42. The third kappa shape index (κ3) is 3.71. The Morgan fingerprint density at radius 3 is 2.87 bits per heavy atom. The van der Waals surface area contributed by atoms with E-state index in [0.717, 1.165) is 11.4 Å². The van der Waals surface area contributed by atoms with Crippen LogP contribution in [0.2, 0.25) is 0 Å². The van der Waals surface area contributed by atoms with Gasteiger partial charge in [0.1, 0.15) is 0 Å². The summed E-state index contributed by atoms with van der Waals surface area (Å²) in [5, 5.41) is 6.95. The fourth-order valence-electron chi connectivity index (χ4n) is 1.29. The standard InChI is InChI=1S/C10H18N4O/c1-7(11)4-5-10(15)12-9-6-14(3)13-8(9)2/h6-7H,4-5,11H2,1-3H3,(H,12,15). The number of hydrogen-bond acceptors (Lipinski definition) is 3. The Balaban J connectivity index is 2.48. The molecule has 84 valence electrons. The van der Waals surface area contributed by atoms with E-state index in [0.29, 0.717) is 12.8 Å². The molecule has 1 amide bonds. The Hall–Kier alpha value is -1.36. The number of anilines is 1. The Kier molecular flexibility index (Phi) is 3.85. The van der Waals surface area contributed by atoms with Crippen LogP contribution in [0.3, 0.4) is 0 Å². The van der Waals surface area contributed by atoms with Gasteiger partial charge in [0, 0.05) is 25.7 Å². The second-order valence-electron chi connectivity index (χ2n) is 3.87. The molecule has 0 saturated heterocycles. The maximum atomic E-state index is 11.5. The number of carbonyl (C=O) groups is 1. The van der Waals surface area contributed by atoms with Crippen molar-refractivity contribution in [1.82, 2.24) is 9.78 Å². The molecule has 1 atom stereocenters. The van der Waals surface area contributed by atoms with Crippen molar-refractivity contribution >= 4 is 11.6 Å². The summed E-state index contributed by atoms with van der Waals surface area (Å²) in [6, 6.07) is 0.0609. The molecule has 1 heterocycles. The van der Waals surface area contributed by atoms with Crippen LogP contribution in [0.15, 0.2) is 6.20 Å². The first-order chi connectivity index (χ1) is 6.99. The molecule has 0 aliphatic carbocycles. The van der Waals surface area contributed by atoms with Crippen LogP contribution in [0.25, 0.3) is 0 Å². The molecule has 0 radical (unpaired) electrons. The normalized spacial score (nSPS) is 12.5. The first-order valence-corrected chi connectivity index (χ1v) is 5.04. The number of amides is 1. The fraction of sp³-hybridized carbons (Fsp3) is 0.600. The van der Waals surface area contributed by atoms with Crippen LogP contribution < -0.4 is 11.1 Å². The number of aryl methyl sites for hydroxylation is 2. The highest BCUT2D eigenvalue weighted by Gasteiger charge is 2.08. The van der Waals surface area contributed by atoms with E-state index in [1.54, 1.807) is 10.9 Å². The highest BCUT2D eigenvalue weighted by Crippen LogP contribution is 2.11. The van der Waals surface area contributed by atoms with Crippen LogP contribution in [0, 0.1) is 6.92 Å². The van der Waals surface area contributed by atoms with E-state index in [9.17, 15) is 4.79 Å². The maximum absolute atomic E-state index is 11.5. The van der Waals surface area contributed by atoms with Gasteiger partial charge in [-0.15, -0.1) is 0 Å². The lowest BCUT2D eigenvalue weighted by Gasteiger charge is -2.05. The minimum atomic E-state index is -0.0107. The highest BCUT2D eigenvalue weighted by molar-refractivity contribution is 5.91. The second-order valence-corrected chi connectivity index (χ2v) is 3.87. The zero-order valence-electron chi connectivity index (χ0n) is 9.45. The van der Waals surface area contributed by atoms with Gasteiger partial charge in [-0.1, -0.05) is 0 Å². The molecule has 1 rings (SSSR count). The molecule has 1 aromatic rings. The van der Waals surface area contributed by atoms with Gasteiger partial charge in [0.15, 0.2) is 0 Å². The van der Waals surface area contributed by atoms with Crippen LogP contribution in [-0.4, -0.2) is 21.7 Å². The Bertz CT molecular complexity index is 343. The number of nitrogens with two attached hydrogens (primary N) is 1. The number of hydrogen-bond donors (Lipinski definition) is 2. The van der Waals surface area contributed by atoms with E-state index in [1.165, 1.54) is 0 Å². The SMILES string of the molecule is Cc1nn(C)cc1NC(=O)CCC(C)N. The molecule has 3 N–H and O–H groups in total. The van der Waals surface area contributed by atoms with E-state index in [2.05, 4.69) is 10.4 Å². The number of nitrogens with zero attached hydrogens (tertiary/aromatic N) is 2. The number of nitrogens with one attached hydrogen (secondary N) is 1. The van der Waals surface area contributed by atoms with Gasteiger partial charge in [-0.3, -0.25) is 9.48 Å².